The summed E-state index contributed by atoms with van der Waals surface area (Å²) in [6, 6.07) is 0. The van der Waals surface area contributed by atoms with Crippen LogP contribution in [0.2, 0.25) is 0 Å². The van der Waals surface area contributed by atoms with Crippen molar-refractivity contribution >= 4 is 23.5 Å². The molecule has 0 aromatic heterocycles. The molecule has 5 unspecified atom stereocenters. The SMILES string of the molecule is CCCC(O)(O)C1C[C@H]2[C@@H]3CC(F)C4=CC(=O)CC[C@]4(C)[C@]3(F)C(O)C[C@]2(C)C1(SC1COC(=O)C1)C(O)(O)CCC. The summed E-state index contributed by atoms with van der Waals surface area (Å²) in [5, 5.41) is 58.7. The third-order valence-corrected chi connectivity index (χ3v) is 13.9. The van der Waals surface area contributed by atoms with Crippen LogP contribution in [-0.4, -0.2) is 83.4 Å². The Morgan fingerprint density at radius 1 is 1.07 bits per heavy atom. The highest BCUT2D eigenvalue weighted by Gasteiger charge is 2.81. The highest BCUT2D eigenvalue weighted by molar-refractivity contribution is 8.01. The van der Waals surface area contributed by atoms with Gasteiger partial charge in [0.2, 0.25) is 0 Å². The van der Waals surface area contributed by atoms with Gasteiger partial charge in [0.25, 0.3) is 0 Å². The molecule has 0 spiro atoms. The molecule has 5 N–H and O–H groups in total. The second-order valence-electron chi connectivity index (χ2n) is 14.1. The van der Waals surface area contributed by atoms with Gasteiger partial charge in [-0.1, -0.05) is 40.5 Å². The average molecular weight is 617 g/mol. The maximum atomic E-state index is 17.9. The molecule has 0 amide bonds. The normalized spacial score (nSPS) is 45.6. The molecular formula is C31H46F2O8S. The minimum Gasteiger partial charge on any atom is -0.464 e. The number of aliphatic hydroxyl groups excluding tert-OH is 1. The zero-order chi connectivity index (χ0) is 31.1. The molecule has 1 saturated heterocycles. The lowest BCUT2D eigenvalue weighted by Crippen LogP contribution is -2.73. The van der Waals surface area contributed by atoms with Crippen molar-refractivity contribution in [2.45, 2.75) is 131 Å². The van der Waals surface area contributed by atoms with Crippen LogP contribution in [-0.2, 0) is 14.3 Å². The van der Waals surface area contributed by atoms with Gasteiger partial charge in [-0.2, -0.15) is 0 Å². The maximum Gasteiger partial charge on any atom is 0.307 e. The summed E-state index contributed by atoms with van der Waals surface area (Å²) in [7, 11) is 0. The second kappa shape index (κ2) is 10.5. The Labute approximate surface area is 250 Å². The summed E-state index contributed by atoms with van der Waals surface area (Å²) in [4.78, 5) is 24.4. The molecule has 4 fully saturated rings. The Morgan fingerprint density at radius 2 is 1.74 bits per heavy atom. The molecule has 8 nitrogen and oxygen atoms in total. The molecule has 0 aromatic carbocycles. The summed E-state index contributed by atoms with van der Waals surface area (Å²) in [6.07, 6.45) is -2.25. The van der Waals surface area contributed by atoms with Crippen LogP contribution in [0.3, 0.4) is 0 Å². The molecule has 42 heavy (non-hydrogen) atoms. The fourth-order valence-electron chi connectivity index (χ4n) is 10.1. The van der Waals surface area contributed by atoms with Crippen molar-refractivity contribution in [1.82, 2.24) is 0 Å². The number of ketones is 1. The first-order chi connectivity index (χ1) is 19.4. The lowest BCUT2D eigenvalue weighted by molar-refractivity contribution is -0.278. The van der Waals surface area contributed by atoms with Gasteiger partial charge in [0.05, 0.1) is 22.5 Å². The van der Waals surface area contributed by atoms with Crippen LogP contribution in [0.4, 0.5) is 8.78 Å². The number of allylic oxidation sites excluding steroid dienone is 1. The van der Waals surface area contributed by atoms with E-state index in [9.17, 15) is 35.1 Å². The summed E-state index contributed by atoms with van der Waals surface area (Å²) >= 11 is 1.07. The molecule has 5 rings (SSSR count). The summed E-state index contributed by atoms with van der Waals surface area (Å²) in [5.74, 6) is -8.76. The van der Waals surface area contributed by atoms with Crippen LogP contribution >= 0.6 is 11.8 Å². The van der Waals surface area contributed by atoms with Crippen LogP contribution in [0.15, 0.2) is 11.6 Å². The van der Waals surface area contributed by atoms with E-state index in [-0.39, 0.29) is 69.3 Å². The van der Waals surface area contributed by atoms with E-state index in [2.05, 4.69) is 0 Å². The maximum absolute atomic E-state index is 17.9. The predicted molar refractivity (Wildman–Crippen MR) is 151 cm³/mol. The molecule has 11 heteroatoms. The minimum atomic E-state index is -2.53. The lowest BCUT2D eigenvalue weighted by Gasteiger charge is -2.66. The van der Waals surface area contributed by atoms with E-state index >= 15 is 8.78 Å². The van der Waals surface area contributed by atoms with Crippen LogP contribution in [0, 0.1) is 28.6 Å². The van der Waals surface area contributed by atoms with Gasteiger partial charge in [0.1, 0.15) is 18.4 Å². The van der Waals surface area contributed by atoms with Gasteiger partial charge in [-0.05, 0) is 48.7 Å². The van der Waals surface area contributed by atoms with Crippen molar-refractivity contribution in [3.8, 4) is 0 Å². The van der Waals surface area contributed by atoms with Crippen molar-refractivity contribution in [3.63, 3.8) is 0 Å². The van der Waals surface area contributed by atoms with Crippen molar-refractivity contribution in [3.05, 3.63) is 11.6 Å². The number of thioether (sulfide) groups is 1. The molecule has 0 aromatic rings. The first-order valence-corrected chi connectivity index (χ1v) is 16.3. The van der Waals surface area contributed by atoms with Crippen molar-refractivity contribution in [2.75, 3.05) is 6.61 Å². The van der Waals surface area contributed by atoms with Gasteiger partial charge >= 0.3 is 5.97 Å². The highest BCUT2D eigenvalue weighted by Crippen LogP contribution is 2.77. The first-order valence-electron chi connectivity index (χ1n) is 15.4. The van der Waals surface area contributed by atoms with Crippen molar-refractivity contribution in [2.24, 2.45) is 28.6 Å². The van der Waals surface area contributed by atoms with Crippen molar-refractivity contribution < 1.29 is 48.6 Å². The Kier molecular flexibility index (Phi) is 8.05. The van der Waals surface area contributed by atoms with E-state index in [0.29, 0.717) is 12.8 Å². The number of alkyl halides is 2. The number of esters is 1. The molecule has 5 aliphatic rings. The summed E-state index contributed by atoms with van der Waals surface area (Å²) in [6.45, 7) is 6.83. The van der Waals surface area contributed by atoms with Gasteiger partial charge in [0.15, 0.2) is 17.4 Å². The Hall–Kier alpha value is -1.11. The topological polar surface area (TPSA) is 145 Å². The molecule has 238 valence electrons. The third-order valence-electron chi connectivity index (χ3n) is 11.8. The van der Waals surface area contributed by atoms with E-state index in [1.54, 1.807) is 27.7 Å². The van der Waals surface area contributed by atoms with Gasteiger partial charge in [-0.3, -0.25) is 9.59 Å². The average Bonchev–Trinajstić information content (AvgIpc) is 3.41. The number of carbonyl (C=O) groups is 2. The van der Waals surface area contributed by atoms with Gasteiger partial charge in [-0.25, -0.2) is 8.78 Å². The number of carbonyl (C=O) groups excluding carboxylic acids is 2. The lowest BCUT2D eigenvalue weighted by atomic mass is 9.43. The predicted octanol–water partition coefficient (Wildman–Crippen LogP) is 3.50. The van der Waals surface area contributed by atoms with Crippen LogP contribution < -0.4 is 0 Å². The Morgan fingerprint density at radius 3 is 2.33 bits per heavy atom. The standard InChI is InChI=1S/C31H46F2O8S/c1-5-8-28(37,38)23-14-19-20-13-22(32)21-11-17(34)7-10-26(21,3)30(20,33)24(35)15-27(19,4)31(23,29(39,40)9-6-2)42-18-12-25(36)41-16-18/h11,18-20,22-24,35,37-40H,5-10,12-16H2,1-4H3/t18?,19-,20-,22?,23?,24?,26-,27-,30+,31?/m0/s1. The fourth-order valence-corrected chi connectivity index (χ4v) is 12.2. The Balaban J connectivity index is 1.73. The number of ether oxygens (including phenoxy) is 1. The van der Waals surface area contributed by atoms with E-state index < -0.39 is 74.1 Å². The van der Waals surface area contributed by atoms with Crippen LogP contribution in [0.25, 0.3) is 0 Å². The number of halogens is 2. The van der Waals surface area contributed by atoms with E-state index in [1.807, 2.05) is 0 Å². The molecule has 1 aliphatic heterocycles. The zero-order valence-corrected chi connectivity index (χ0v) is 25.8. The van der Waals surface area contributed by atoms with E-state index in [4.69, 9.17) is 4.74 Å². The first kappa shape index (κ1) is 32.3. The largest absolute Gasteiger partial charge is 0.464 e. The van der Waals surface area contributed by atoms with Crippen LogP contribution in [0.5, 0.6) is 0 Å². The molecule has 1 heterocycles. The molecule has 0 radical (unpaired) electrons. The number of aliphatic hydroxyl groups is 5. The molecule has 3 saturated carbocycles. The van der Waals surface area contributed by atoms with Gasteiger partial charge in [-0.15, -0.1) is 11.8 Å². The zero-order valence-electron chi connectivity index (χ0n) is 24.9. The Bertz CT molecular complexity index is 1150. The van der Waals surface area contributed by atoms with E-state index in [0.717, 1.165) is 11.8 Å². The number of hydrogen-bond acceptors (Lipinski definition) is 9. The smallest absolute Gasteiger partial charge is 0.307 e. The number of fused-ring (bicyclic) bond motifs is 5. The molecule has 0 bridgehead atoms. The minimum absolute atomic E-state index is 0.00953. The quantitative estimate of drug-likeness (QED) is 0.204. The van der Waals surface area contributed by atoms with Gasteiger partial charge < -0.3 is 30.3 Å². The highest BCUT2D eigenvalue weighted by atomic mass is 32.2. The number of rotatable bonds is 8. The fraction of sp³-hybridized carbons (Fsp3) is 0.871. The monoisotopic (exact) mass is 616 g/mol. The van der Waals surface area contributed by atoms with Crippen LogP contribution in [0.1, 0.15) is 91.9 Å². The third kappa shape index (κ3) is 4.23. The summed E-state index contributed by atoms with van der Waals surface area (Å²) in [5.41, 5.74) is -5.05. The number of hydrogen-bond donors (Lipinski definition) is 5. The van der Waals surface area contributed by atoms with Crippen molar-refractivity contribution in [1.29, 1.82) is 0 Å². The molecule has 10 atom stereocenters. The van der Waals surface area contributed by atoms with E-state index in [1.165, 1.54) is 6.08 Å². The molecule has 4 aliphatic carbocycles. The second-order valence-corrected chi connectivity index (χ2v) is 15.6. The molecular weight excluding hydrogens is 570 g/mol. The number of cyclic esters (lactones) is 1. The van der Waals surface area contributed by atoms with Gasteiger partial charge in [0, 0.05) is 36.5 Å². The summed E-state index contributed by atoms with van der Waals surface area (Å²) < 4.78 is 37.3.